The molecule has 1 heterocycles. The molecule has 0 aliphatic rings. The topological polar surface area (TPSA) is 48.0 Å². The molecule has 0 saturated heterocycles. The number of nitrogens with two attached hydrogens (primary N) is 1. The van der Waals surface area contributed by atoms with Gasteiger partial charge in [-0.2, -0.15) is 0 Å². The smallest absolute Gasteiger partial charge is 0.265 e. The minimum atomic E-state index is -0.0615. The molecule has 0 saturated carbocycles. The molecule has 0 aliphatic heterocycles. The van der Waals surface area contributed by atoms with Crippen molar-refractivity contribution in [3.8, 4) is 0 Å². The molecule has 0 spiro atoms. The highest BCUT2D eigenvalue weighted by atomic mass is 79.9. The van der Waals surface area contributed by atoms with Crippen molar-refractivity contribution in [2.45, 2.75) is 19.4 Å². The molecule has 0 aliphatic carbocycles. The standard InChI is InChI=1S/C10H13BrN2O/c1-3-4-7(2)13-6-8(12)5-9(11)10(13)14/h3,5-7H,1,4,12H2,2H3. The van der Waals surface area contributed by atoms with Crippen LogP contribution in [-0.4, -0.2) is 4.57 Å². The van der Waals surface area contributed by atoms with Crippen LogP contribution in [0.15, 0.2) is 34.2 Å². The maximum atomic E-state index is 11.7. The summed E-state index contributed by atoms with van der Waals surface area (Å²) in [4.78, 5) is 11.7. The van der Waals surface area contributed by atoms with E-state index in [1.165, 1.54) is 0 Å². The van der Waals surface area contributed by atoms with Gasteiger partial charge in [-0.25, -0.2) is 0 Å². The SMILES string of the molecule is C=CCC(C)n1cc(N)cc(Br)c1=O. The van der Waals surface area contributed by atoms with Gasteiger partial charge in [0.1, 0.15) is 0 Å². The molecule has 4 heteroatoms. The molecule has 0 fully saturated rings. The summed E-state index contributed by atoms with van der Waals surface area (Å²) in [5.74, 6) is 0. The zero-order valence-electron chi connectivity index (χ0n) is 8.03. The van der Waals surface area contributed by atoms with E-state index in [9.17, 15) is 4.79 Å². The van der Waals surface area contributed by atoms with Crippen LogP contribution in [-0.2, 0) is 0 Å². The van der Waals surface area contributed by atoms with E-state index in [-0.39, 0.29) is 11.6 Å². The van der Waals surface area contributed by atoms with Crippen LogP contribution in [0.5, 0.6) is 0 Å². The van der Waals surface area contributed by atoms with E-state index in [0.717, 1.165) is 6.42 Å². The summed E-state index contributed by atoms with van der Waals surface area (Å²) in [6, 6.07) is 1.69. The largest absolute Gasteiger partial charge is 0.398 e. The Morgan fingerprint density at radius 1 is 1.79 bits per heavy atom. The average Bonchev–Trinajstić information content (AvgIpc) is 2.11. The third kappa shape index (κ3) is 2.26. The Hall–Kier alpha value is -1.03. The fourth-order valence-electron chi connectivity index (χ4n) is 1.27. The normalized spacial score (nSPS) is 12.4. The van der Waals surface area contributed by atoms with Crippen LogP contribution >= 0.6 is 15.9 Å². The zero-order chi connectivity index (χ0) is 10.7. The second-order valence-corrected chi connectivity index (χ2v) is 4.06. The van der Waals surface area contributed by atoms with E-state index >= 15 is 0 Å². The predicted molar refractivity (Wildman–Crippen MR) is 62.3 cm³/mol. The number of aromatic nitrogens is 1. The van der Waals surface area contributed by atoms with Crippen molar-refractivity contribution in [3.63, 3.8) is 0 Å². The molecule has 1 rings (SSSR count). The van der Waals surface area contributed by atoms with E-state index in [1.807, 2.05) is 6.92 Å². The predicted octanol–water partition coefficient (Wildman–Crippen LogP) is 2.33. The molecular weight excluding hydrogens is 244 g/mol. The van der Waals surface area contributed by atoms with Crippen molar-refractivity contribution in [2.75, 3.05) is 5.73 Å². The summed E-state index contributed by atoms with van der Waals surface area (Å²) in [6.07, 6.45) is 4.19. The van der Waals surface area contributed by atoms with Gasteiger partial charge in [0.15, 0.2) is 0 Å². The van der Waals surface area contributed by atoms with E-state index < -0.39 is 0 Å². The molecule has 2 N–H and O–H groups in total. The third-order valence-corrected chi connectivity index (χ3v) is 2.57. The maximum Gasteiger partial charge on any atom is 0.265 e. The highest BCUT2D eigenvalue weighted by Crippen LogP contribution is 2.14. The van der Waals surface area contributed by atoms with Gasteiger partial charge in [0.25, 0.3) is 5.56 Å². The van der Waals surface area contributed by atoms with Gasteiger partial charge in [0.05, 0.1) is 4.47 Å². The lowest BCUT2D eigenvalue weighted by atomic mass is 10.2. The molecule has 14 heavy (non-hydrogen) atoms. The molecular formula is C10H13BrN2O. The number of hydrogen-bond acceptors (Lipinski definition) is 2. The van der Waals surface area contributed by atoms with Crippen LogP contribution < -0.4 is 11.3 Å². The summed E-state index contributed by atoms with van der Waals surface area (Å²) in [5, 5.41) is 0. The van der Waals surface area contributed by atoms with Crippen LogP contribution in [0.2, 0.25) is 0 Å². The summed E-state index contributed by atoms with van der Waals surface area (Å²) >= 11 is 3.18. The highest BCUT2D eigenvalue weighted by molar-refractivity contribution is 9.10. The van der Waals surface area contributed by atoms with Gasteiger partial charge in [-0.1, -0.05) is 6.08 Å². The molecule has 76 valence electrons. The van der Waals surface area contributed by atoms with Gasteiger partial charge >= 0.3 is 0 Å². The first-order valence-corrected chi connectivity index (χ1v) is 5.13. The monoisotopic (exact) mass is 256 g/mol. The Morgan fingerprint density at radius 3 is 3.00 bits per heavy atom. The van der Waals surface area contributed by atoms with Crippen LogP contribution in [0.1, 0.15) is 19.4 Å². The molecule has 1 unspecified atom stereocenters. The Bertz CT molecular complexity index is 398. The summed E-state index contributed by atoms with van der Waals surface area (Å²) in [7, 11) is 0. The molecule has 1 aromatic heterocycles. The van der Waals surface area contributed by atoms with E-state index in [2.05, 4.69) is 22.5 Å². The van der Waals surface area contributed by atoms with Gasteiger partial charge in [0.2, 0.25) is 0 Å². The first-order valence-electron chi connectivity index (χ1n) is 4.34. The van der Waals surface area contributed by atoms with Gasteiger partial charge in [-0.15, -0.1) is 6.58 Å². The molecule has 0 bridgehead atoms. The van der Waals surface area contributed by atoms with Crippen molar-refractivity contribution in [1.29, 1.82) is 0 Å². The summed E-state index contributed by atoms with van der Waals surface area (Å²) < 4.78 is 2.11. The molecule has 3 nitrogen and oxygen atoms in total. The van der Waals surface area contributed by atoms with Crippen molar-refractivity contribution >= 4 is 21.6 Å². The van der Waals surface area contributed by atoms with Crippen molar-refractivity contribution < 1.29 is 0 Å². The molecule has 1 aromatic rings. The first-order chi connectivity index (χ1) is 6.56. The highest BCUT2D eigenvalue weighted by Gasteiger charge is 2.07. The van der Waals surface area contributed by atoms with Crippen LogP contribution in [0.25, 0.3) is 0 Å². The lowest BCUT2D eigenvalue weighted by Gasteiger charge is -2.14. The van der Waals surface area contributed by atoms with E-state index in [0.29, 0.717) is 10.2 Å². The molecule has 0 radical (unpaired) electrons. The number of nitrogens with zero attached hydrogens (tertiary/aromatic N) is 1. The molecule has 0 amide bonds. The Labute approximate surface area is 91.4 Å². The third-order valence-electron chi connectivity index (χ3n) is 2.00. The Balaban J connectivity index is 3.20. The van der Waals surface area contributed by atoms with Gasteiger partial charge in [-0.05, 0) is 35.3 Å². The minimum Gasteiger partial charge on any atom is -0.398 e. The lowest BCUT2D eigenvalue weighted by molar-refractivity contribution is 0.536. The van der Waals surface area contributed by atoms with Gasteiger partial charge < -0.3 is 10.3 Å². The summed E-state index contributed by atoms with van der Waals surface area (Å²) in [6.45, 7) is 5.60. The van der Waals surface area contributed by atoms with Crippen LogP contribution in [0, 0.1) is 0 Å². The van der Waals surface area contributed by atoms with E-state index in [1.54, 1.807) is 22.9 Å². The summed E-state index contributed by atoms with van der Waals surface area (Å²) in [5.41, 5.74) is 6.16. The molecule has 0 aromatic carbocycles. The van der Waals surface area contributed by atoms with Crippen molar-refractivity contribution in [1.82, 2.24) is 4.57 Å². The fraction of sp³-hybridized carbons (Fsp3) is 0.300. The van der Waals surface area contributed by atoms with Crippen LogP contribution in [0.3, 0.4) is 0 Å². The number of rotatable bonds is 3. The average molecular weight is 257 g/mol. The fourth-order valence-corrected chi connectivity index (χ4v) is 1.74. The second-order valence-electron chi connectivity index (χ2n) is 3.21. The van der Waals surface area contributed by atoms with Crippen LogP contribution in [0.4, 0.5) is 5.69 Å². The number of halogens is 1. The maximum absolute atomic E-state index is 11.7. The Morgan fingerprint density at radius 2 is 2.43 bits per heavy atom. The lowest BCUT2D eigenvalue weighted by Crippen LogP contribution is -2.23. The number of allylic oxidation sites excluding steroid dienone is 1. The first kappa shape index (κ1) is 11.0. The molecule has 1 atom stereocenters. The van der Waals surface area contributed by atoms with Crippen molar-refractivity contribution in [3.05, 3.63) is 39.7 Å². The number of anilines is 1. The van der Waals surface area contributed by atoms with Gasteiger partial charge in [-0.3, -0.25) is 4.79 Å². The quantitative estimate of drug-likeness (QED) is 0.845. The number of nitrogen functional groups attached to an aromatic ring is 1. The minimum absolute atomic E-state index is 0.0615. The zero-order valence-corrected chi connectivity index (χ0v) is 9.62. The Kier molecular flexibility index (Phi) is 3.52. The van der Waals surface area contributed by atoms with Crippen molar-refractivity contribution in [2.24, 2.45) is 0 Å². The number of pyridine rings is 1. The van der Waals surface area contributed by atoms with E-state index in [4.69, 9.17) is 5.73 Å². The van der Waals surface area contributed by atoms with Gasteiger partial charge in [0, 0.05) is 17.9 Å². The second kappa shape index (κ2) is 4.46. The number of hydrogen-bond donors (Lipinski definition) is 1.